The molecule has 1 N–H and O–H groups in total. The highest BCUT2D eigenvalue weighted by Gasteiger charge is 2.26. The number of sulfonamides is 1. The summed E-state index contributed by atoms with van der Waals surface area (Å²) in [6, 6.07) is 8.28. The molecule has 1 fully saturated rings. The van der Waals surface area contributed by atoms with Crippen molar-refractivity contribution in [3.05, 3.63) is 30.3 Å². The molecule has 0 spiro atoms. The maximum Gasteiger partial charge on any atom is 0.243 e. The van der Waals surface area contributed by atoms with Crippen LogP contribution < -0.4 is 5.32 Å². The molecule has 0 aliphatic carbocycles. The molecule has 6 heteroatoms. The Balaban J connectivity index is 2.24. The van der Waals surface area contributed by atoms with Crippen molar-refractivity contribution in [1.29, 1.82) is 0 Å². The van der Waals surface area contributed by atoms with Crippen LogP contribution >= 0.6 is 0 Å². The van der Waals surface area contributed by atoms with E-state index in [2.05, 4.69) is 5.32 Å². The van der Waals surface area contributed by atoms with E-state index in [0.717, 1.165) is 0 Å². The summed E-state index contributed by atoms with van der Waals surface area (Å²) in [5.74, 6) is -0.101. The van der Waals surface area contributed by atoms with Gasteiger partial charge in [0.1, 0.15) is 0 Å². The molecule has 0 radical (unpaired) electrons. The topological polar surface area (TPSA) is 66.5 Å². The highest BCUT2D eigenvalue weighted by molar-refractivity contribution is 7.89. The molecule has 17 heavy (non-hydrogen) atoms. The standard InChI is InChI=1S/C11H14N2O3S/c14-11-6-8-13(9-7-12-11)17(15,16)10-4-2-1-3-5-10/h1-5H,6-9H2,(H,12,14). The van der Waals surface area contributed by atoms with E-state index in [-0.39, 0.29) is 23.8 Å². The van der Waals surface area contributed by atoms with E-state index in [1.165, 1.54) is 4.31 Å². The normalized spacial score (nSPS) is 18.5. The number of carbonyl (C=O) groups is 1. The number of carbonyl (C=O) groups excluding carboxylic acids is 1. The van der Waals surface area contributed by atoms with Crippen molar-refractivity contribution in [2.24, 2.45) is 0 Å². The molecule has 0 bridgehead atoms. The Morgan fingerprint density at radius 3 is 2.53 bits per heavy atom. The summed E-state index contributed by atoms with van der Waals surface area (Å²) in [4.78, 5) is 11.4. The Morgan fingerprint density at radius 2 is 1.82 bits per heavy atom. The molecule has 92 valence electrons. The van der Waals surface area contributed by atoms with Crippen LogP contribution in [0.15, 0.2) is 35.2 Å². The van der Waals surface area contributed by atoms with Crippen LogP contribution in [0.1, 0.15) is 6.42 Å². The maximum absolute atomic E-state index is 12.2. The van der Waals surface area contributed by atoms with Gasteiger partial charge < -0.3 is 5.32 Å². The van der Waals surface area contributed by atoms with Crippen LogP contribution in [0.4, 0.5) is 0 Å². The van der Waals surface area contributed by atoms with Crippen molar-refractivity contribution in [1.82, 2.24) is 9.62 Å². The molecule has 1 saturated heterocycles. The zero-order valence-corrected chi connectivity index (χ0v) is 10.1. The lowest BCUT2D eigenvalue weighted by Gasteiger charge is -2.18. The lowest BCUT2D eigenvalue weighted by Crippen LogP contribution is -2.34. The molecular formula is C11H14N2O3S. The molecule has 1 aliphatic rings. The van der Waals surface area contributed by atoms with E-state index in [0.29, 0.717) is 13.1 Å². The van der Waals surface area contributed by atoms with Gasteiger partial charge in [0.2, 0.25) is 15.9 Å². The van der Waals surface area contributed by atoms with E-state index in [4.69, 9.17) is 0 Å². The molecule has 1 heterocycles. The Kier molecular flexibility index (Phi) is 3.44. The molecule has 1 aromatic carbocycles. The van der Waals surface area contributed by atoms with Gasteiger partial charge in [0.05, 0.1) is 4.90 Å². The molecule has 1 aliphatic heterocycles. The monoisotopic (exact) mass is 254 g/mol. The minimum atomic E-state index is -3.47. The number of rotatable bonds is 2. The summed E-state index contributed by atoms with van der Waals surface area (Å²) < 4.78 is 25.8. The molecule has 5 nitrogen and oxygen atoms in total. The van der Waals surface area contributed by atoms with Crippen LogP contribution in [0, 0.1) is 0 Å². The number of benzene rings is 1. The van der Waals surface area contributed by atoms with Crippen molar-refractivity contribution in [3.63, 3.8) is 0 Å². The minimum Gasteiger partial charge on any atom is -0.355 e. The Bertz CT molecular complexity index is 499. The van der Waals surface area contributed by atoms with Gasteiger partial charge in [-0.3, -0.25) is 4.79 Å². The van der Waals surface area contributed by atoms with Crippen molar-refractivity contribution in [3.8, 4) is 0 Å². The third-order valence-electron chi connectivity index (χ3n) is 2.65. The van der Waals surface area contributed by atoms with Gasteiger partial charge >= 0.3 is 0 Å². The summed E-state index contributed by atoms with van der Waals surface area (Å²) in [7, 11) is -3.47. The van der Waals surface area contributed by atoms with E-state index < -0.39 is 10.0 Å². The summed E-state index contributed by atoms with van der Waals surface area (Å²) in [6.45, 7) is 0.928. The number of nitrogens with one attached hydrogen (secondary N) is 1. The lowest BCUT2D eigenvalue weighted by atomic mass is 10.4. The molecule has 1 aromatic rings. The van der Waals surface area contributed by atoms with E-state index in [9.17, 15) is 13.2 Å². The first kappa shape index (κ1) is 12.1. The molecular weight excluding hydrogens is 240 g/mol. The predicted octanol–water partition coefficient (Wildman–Crippen LogP) is 0.197. The SMILES string of the molecule is O=C1CCN(S(=O)(=O)c2ccccc2)CCN1. The predicted molar refractivity (Wildman–Crippen MR) is 62.8 cm³/mol. The fourth-order valence-corrected chi connectivity index (χ4v) is 3.19. The second kappa shape index (κ2) is 4.85. The van der Waals surface area contributed by atoms with Gasteiger partial charge in [-0.15, -0.1) is 0 Å². The van der Waals surface area contributed by atoms with Gasteiger partial charge in [-0.1, -0.05) is 18.2 Å². The van der Waals surface area contributed by atoms with Gasteiger partial charge in [-0.05, 0) is 12.1 Å². The molecule has 1 amide bonds. The van der Waals surface area contributed by atoms with Gasteiger partial charge in [0.15, 0.2) is 0 Å². The van der Waals surface area contributed by atoms with Gasteiger partial charge in [-0.25, -0.2) is 8.42 Å². The number of amides is 1. The molecule has 0 saturated carbocycles. The van der Waals surface area contributed by atoms with Crippen molar-refractivity contribution >= 4 is 15.9 Å². The first-order chi connectivity index (χ1) is 8.10. The van der Waals surface area contributed by atoms with E-state index in [1.807, 2.05) is 0 Å². The van der Waals surface area contributed by atoms with Crippen LogP contribution in [-0.2, 0) is 14.8 Å². The highest BCUT2D eigenvalue weighted by Crippen LogP contribution is 2.15. The highest BCUT2D eigenvalue weighted by atomic mass is 32.2. The Labute approximate surface area is 100 Å². The summed E-state index contributed by atoms with van der Waals surface area (Å²) in [5.41, 5.74) is 0. The second-order valence-corrected chi connectivity index (χ2v) is 5.76. The van der Waals surface area contributed by atoms with Crippen LogP contribution in [0.25, 0.3) is 0 Å². The molecule has 0 unspecified atom stereocenters. The van der Waals surface area contributed by atoms with E-state index in [1.54, 1.807) is 30.3 Å². The average Bonchev–Trinajstić information content (AvgIpc) is 2.55. The van der Waals surface area contributed by atoms with Gasteiger partial charge in [0, 0.05) is 26.1 Å². The van der Waals surface area contributed by atoms with E-state index >= 15 is 0 Å². The smallest absolute Gasteiger partial charge is 0.243 e. The minimum absolute atomic E-state index is 0.101. The first-order valence-electron chi connectivity index (χ1n) is 5.42. The van der Waals surface area contributed by atoms with Crippen LogP contribution in [0.5, 0.6) is 0 Å². The molecule has 0 atom stereocenters. The quantitative estimate of drug-likeness (QED) is 0.819. The summed E-state index contributed by atoms with van der Waals surface area (Å²) in [5, 5.41) is 2.65. The van der Waals surface area contributed by atoms with Crippen molar-refractivity contribution in [2.45, 2.75) is 11.3 Å². The largest absolute Gasteiger partial charge is 0.355 e. The van der Waals surface area contributed by atoms with Crippen molar-refractivity contribution < 1.29 is 13.2 Å². The zero-order valence-electron chi connectivity index (χ0n) is 9.30. The molecule has 2 rings (SSSR count). The maximum atomic E-state index is 12.2. The third-order valence-corrected chi connectivity index (χ3v) is 4.57. The van der Waals surface area contributed by atoms with Crippen LogP contribution in [-0.4, -0.2) is 38.3 Å². The van der Waals surface area contributed by atoms with Crippen molar-refractivity contribution in [2.75, 3.05) is 19.6 Å². The fraction of sp³-hybridized carbons (Fsp3) is 0.364. The Hall–Kier alpha value is -1.40. The summed E-state index contributed by atoms with van der Waals surface area (Å²) >= 11 is 0. The Morgan fingerprint density at radius 1 is 1.12 bits per heavy atom. The average molecular weight is 254 g/mol. The summed E-state index contributed by atoms with van der Waals surface area (Å²) in [6.07, 6.45) is 0.214. The first-order valence-corrected chi connectivity index (χ1v) is 6.86. The van der Waals surface area contributed by atoms with Crippen LogP contribution in [0.3, 0.4) is 0 Å². The fourth-order valence-electron chi connectivity index (χ4n) is 1.73. The third kappa shape index (κ3) is 2.65. The second-order valence-electron chi connectivity index (χ2n) is 3.82. The van der Waals surface area contributed by atoms with Crippen LogP contribution in [0.2, 0.25) is 0 Å². The van der Waals surface area contributed by atoms with Gasteiger partial charge in [0.25, 0.3) is 0 Å². The number of hydrogen-bond donors (Lipinski definition) is 1. The number of nitrogens with zero attached hydrogens (tertiary/aromatic N) is 1. The number of hydrogen-bond acceptors (Lipinski definition) is 3. The molecule has 0 aromatic heterocycles. The lowest BCUT2D eigenvalue weighted by molar-refractivity contribution is -0.120. The van der Waals surface area contributed by atoms with Gasteiger partial charge in [-0.2, -0.15) is 4.31 Å². The zero-order chi connectivity index (χ0) is 12.3.